The molecule has 1 aliphatic carbocycles. The average Bonchev–Trinajstić information content (AvgIpc) is 2.32. The van der Waals surface area contributed by atoms with E-state index < -0.39 is 0 Å². The van der Waals surface area contributed by atoms with Crippen LogP contribution in [-0.2, 0) is 19.5 Å². The molecule has 155 valence electrons. The van der Waals surface area contributed by atoms with E-state index >= 15 is 0 Å². The van der Waals surface area contributed by atoms with Crippen LogP contribution in [0.15, 0.2) is 0 Å². The maximum absolute atomic E-state index is 2.69. The SMILES string of the molecule is CC(C)[C@@H]1CC[C@@H](C)C[C@H]1[PH+](C)C[PH+](C(C)(C)C)C(C)(C)C.[CH3-].[CH3-].[Rh+2]. The quantitative estimate of drug-likeness (QED) is 0.218. The van der Waals surface area contributed by atoms with Gasteiger partial charge < -0.3 is 14.9 Å². The summed E-state index contributed by atoms with van der Waals surface area (Å²) in [5.41, 5.74) is 1.07. The van der Waals surface area contributed by atoms with Crippen molar-refractivity contribution in [3.05, 3.63) is 14.9 Å². The first kappa shape index (κ1) is 31.2. The van der Waals surface area contributed by atoms with Crippen molar-refractivity contribution in [2.45, 2.75) is 97.5 Å². The van der Waals surface area contributed by atoms with Crippen LogP contribution in [0.3, 0.4) is 0 Å². The zero-order valence-corrected chi connectivity index (χ0v) is 23.1. The smallest absolute Gasteiger partial charge is 0.358 e. The van der Waals surface area contributed by atoms with Crippen molar-refractivity contribution < 1.29 is 19.5 Å². The molecule has 1 unspecified atom stereocenters. The van der Waals surface area contributed by atoms with Crippen LogP contribution in [0.25, 0.3) is 0 Å². The van der Waals surface area contributed by atoms with E-state index in [0.29, 0.717) is 10.3 Å². The first-order chi connectivity index (χ1) is 9.84. The minimum atomic E-state index is -0.344. The van der Waals surface area contributed by atoms with Crippen molar-refractivity contribution >= 4 is 15.8 Å². The van der Waals surface area contributed by atoms with E-state index in [1.165, 1.54) is 19.3 Å². The topological polar surface area (TPSA) is 0 Å². The Balaban J connectivity index is -0.00000161. The van der Waals surface area contributed by atoms with Crippen LogP contribution in [0, 0.1) is 32.6 Å². The summed E-state index contributed by atoms with van der Waals surface area (Å²) in [6.45, 7) is 25.2. The van der Waals surface area contributed by atoms with Crippen molar-refractivity contribution in [1.29, 1.82) is 0 Å². The van der Waals surface area contributed by atoms with Gasteiger partial charge in [0.05, 0.1) is 22.6 Å². The van der Waals surface area contributed by atoms with Gasteiger partial charge in [-0.15, -0.1) is 0 Å². The molecular formula is C22H50P2Rh+2. The van der Waals surface area contributed by atoms with E-state index in [-0.39, 0.29) is 50.2 Å². The number of rotatable bonds is 4. The fourth-order valence-corrected chi connectivity index (χ4v) is 16.7. The van der Waals surface area contributed by atoms with E-state index in [4.69, 9.17) is 0 Å². The molecule has 0 aliphatic heterocycles. The monoisotopic (exact) mass is 479 g/mol. The summed E-state index contributed by atoms with van der Waals surface area (Å²) in [5.74, 6) is 4.47. The largest absolute Gasteiger partial charge is 2.00 e. The summed E-state index contributed by atoms with van der Waals surface area (Å²) in [5, 5.41) is 1.06. The molecule has 0 aromatic carbocycles. The van der Waals surface area contributed by atoms with E-state index in [1.807, 2.05) is 0 Å². The van der Waals surface area contributed by atoms with Crippen LogP contribution < -0.4 is 0 Å². The van der Waals surface area contributed by atoms with E-state index in [1.54, 1.807) is 5.90 Å². The molecule has 0 aromatic rings. The maximum Gasteiger partial charge on any atom is 2.00 e. The fourth-order valence-electron chi connectivity index (χ4n) is 4.83. The Kier molecular flexibility index (Phi) is 15.1. The zero-order chi connectivity index (χ0) is 17.3. The second-order valence-corrected chi connectivity index (χ2v) is 18.2. The summed E-state index contributed by atoms with van der Waals surface area (Å²) < 4.78 is 0. The van der Waals surface area contributed by atoms with Crippen molar-refractivity contribution in [3.63, 3.8) is 0 Å². The molecule has 1 saturated carbocycles. The Morgan fingerprint density at radius 3 is 1.72 bits per heavy atom. The molecule has 1 aliphatic rings. The molecule has 0 bridgehead atoms. The first-order valence-electron chi connectivity index (χ1n) is 9.53. The molecule has 0 amide bonds. The Morgan fingerprint density at radius 2 is 1.36 bits per heavy atom. The summed E-state index contributed by atoms with van der Waals surface area (Å²) in [4.78, 5) is 0. The second kappa shape index (κ2) is 12.1. The van der Waals surface area contributed by atoms with Crippen molar-refractivity contribution in [1.82, 2.24) is 0 Å². The van der Waals surface area contributed by atoms with Crippen LogP contribution in [0.5, 0.6) is 0 Å². The standard InChI is InChI=1S/C20H42P2.2CH3.Rh/c1-15(2)17-12-11-16(3)13-18(17)21(10)14-22(19(4,5)6)20(7,8)9;;;/h15-18H,11-14H2,1-10H3;2*1H3;/q;2*-1;+2/p+2/t16-,17+,18-,21?;;;/m1.../s1. The van der Waals surface area contributed by atoms with Gasteiger partial charge in [-0.2, -0.15) is 0 Å². The first-order valence-corrected chi connectivity index (χ1v) is 13.5. The molecular weight excluding hydrogens is 429 g/mol. The summed E-state index contributed by atoms with van der Waals surface area (Å²) in [7, 11) is -0.578. The predicted molar refractivity (Wildman–Crippen MR) is 125 cm³/mol. The normalized spacial score (nSPS) is 25.7. The molecule has 1 radical (unpaired) electrons. The van der Waals surface area contributed by atoms with Crippen molar-refractivity contribution in [2.75, 3.05) is 12.6 Å². The Labute approximate surface area is 177 Å². The molecule has 0 nitrogen and oxygen atoms in total. The Bertz CT molecular complexity index is 327. The number of hydrogen-bond acceptors (Lipinski definition) is 0. The van der Waals surface area contributed by atoms with Crippen LogP contribution in [0.1, 0.15) is 81.6 Å². The zero-order valence-electron chi connectivity index (χ0n) is 19.5. The summed E-state index contributed by atoms with van der Waals surface area (Å²) in [6.07, 6.45) is 4.50. The summed E-state index contributed by atoms with van der Waals surface area (Å²) in [6, 6.07) is 0. The molecule has 4 atom stereocenters. The minimum Gasteiger partial charge on any atom is -0.358 e. The van der Waals surface area contributed by atoms with Gasteiger partial charge in [0.1, 0.15) is 0 Å². The predicted octanol–water partition coefficient (Wildman–Crippen LogP) is 7.96. The molecule has 0 saturated heterocycles. The molecule has 1 fully saturated rings. The Morgan fingerprint density at radius 1 is 0.920 bits per heavy atom. The third kappa shape index (κ3) is 9.49. The van der Waals surface area contributed by atoms with Gasteiger partial charge in [0.25, 0.3) is 0 Å². The molecule has 0 spiro atoms. The van der Waals surface area contributed by atoms with E-state index in [2.05, 4.69) is 69.0 Å². The van der Waals surface area contributed by atoms with Gasteiger partial charge in [-0.1, -0.05) is 27.2 Å². The molecule has 0 aromatic heterocycles. The molecule has 0 N–H and O–H groups in total. The van der Waals surface area contributed by atoms with Gasteiger partial charge in [-0.3, -0.25) is 0 Å². The van der Waals surface area contributed by atoms with Crippen LogP contribution in [0.2, 0.25) is 0 Å². The Hall–Kier alpha value is 1.48. The van der Waals surface area contributed by atoms with Gasteiger partial charge in [-0.25, -0.2) is 0 Å². The van der Waals surface area contributed by atoms with Gasteiger partial charge in [0, 0.05) is 15.8 Å². The van der Waals surface area contributed by atoms with Crippen LogP contribution in [0.4, 0.5) is 0 Å². The van der Waals surface area contributed by atoms with Gasteiger partial charge in [0.15, 0.2) is 5.90 Å². The molecule has 0 heterocycles. The van der Waals surface area contributed by atoms with E-state index in [9.17, 15) is 0 Å². The third-order valence-corrected chi connectivity index (χ3v) is 15.1. The third-order valence-electron chi connectivity index (χ3n) is 5.92. The fraction of sp³-hybridized carbons (Fsp3) is 0.909. The van der Waals surface area contributed by atoms with Crippen LogP contribution in [-0.4, -0.2) is 28.5 Å². The van der Waals surface area contributed by atoms with Gasteiger partial charge in [-0.05, 0) is 72.1 Å². The van der Waals surface area contributed by atoms with E-state index in [0.717, 1.165) is 23.4 Å². The average molecular weight is 479 g/mol. The van der Waals surface area contributed by atoms with Crippen molar-refractivity contribution in [3.8, 4) is 0 Å². The number of hydrogen-bond donors (Lipinski definition) is 0. The van der Waals surface area contributed by atoms with Gasteiger partial charge >= 0.3 is 19.5 Å². The second-order valence-electron chi connectivity index (χ2n) is 10.4. The van der Waals surface area contributed by atoms with Crippen molar-refractivity contribution in [2.24, 2.45) is 17.8 Å². The molecule has 3 heteroatoms. The van der Waals surface area contributed by atoms with Crippen LogP contribution >= 0.6 is 15.8 Å². The van der Waals surface area contributed by atoms with Gasteiger partial charge in [0.2, 0.25) is 0 Å². The minimum absolute atomic E-state index is 0. The maximum atomic E-state index is 2.69. The molecule has 1 rings (SSSR count). The summed E-state index contributed by atoms with van der Waals surface area (Å²) >= 11 is 0. The molecule has 25 heavy (non-hydrogen) atoms.